The molecule has 5 amide bonds. The highest BCUT2D eigenvalue weighted by atomic mass is 16.7. The number of urea groups is 1. The van der Waals surface area contributed by atoms with E-state index in [1.165, 1.54) is 16.2 Å². The van der Waals surface area contributed by atoms with Crippen LogP contribution in [0.1, 0.15) is 70.4 Å². The number of carboxylic acid groups (broad SMARTS) is 1. The van der Waals surface area contributed by atoms with Crippen LogP contribution in [0, 0.1) is 0 Å². The molecule has 2 unspecified atom stereocenters. The number of carbonyl (C=O) groups excluding carboxylic acids is 3. The molecule has 0 saturated carbocycles. The first kappa shape index (κ1) is 30.3. The van der Waals surface area contributed by atoms with E-state index in [-0.39, 0.29) is 25.7 Å². The van der Waals surface area contributed by atoms with Gasteiger partial charge in [0.2, 0.25) is 5.96 Å². The van der Waals surface area contributed by atoms with Gasteiger partial charge in [0, 0.05) is 18.3 Å². The van der Waals surface area contributed by atoms with Crippen molar-refractivity contribution in [1.82, 2.24) is 30.4 Å². The third-order valence-electron chi connectivity index (χ3n) is 5.99. The average molecular weight is 586 g/mol. The molecule has 2 aromatic rings. The van der Waals surface area contributed by atoms with Crippen LogP contribution in [0.3, 0.4) is 0 Å². The molecule has 2 atom stereocenters. The lowest BCUT2D eigenvalue weighted by Crippen LogP contribution is -2.42. The number of amides is 5. The number of alkyl carbamates (subject to hydrolysis) is 1. The number of carbonyl (C=O) groups is 4. The maximum absolute atomic E-state index is 13.4. The van der Waals surface area contributed by atoms with Crippen LogP contribution in [0.4, 0.5) is 19.2 Å². The van der Waals surface area contributed by atoms with Crippen LogP contribution in [-0.4, -0.2) is 79.4 Å². The topological polar surface area (TPSA) is 177 Å². The first-order chi connectivity index (χ1) is 19.6. The predicted molar refractivity (Wildman–Crippen MR) is 147 cm³/mol. The van der Waals surface area contributed by atoms with Gasteiger partial charge in [0.05, 0.1) is 18.3 Å². The highest BCUT2D eigenvalue weighted by Crippen LogP contribution is 2.43. The second-order valence-corrected chi connectivity index (χ2v) is 11.7. The number of fused-ring (bicyclic) bond motifs is 4. The highest BCUT2D eigenvalue weighted by Gasteiger charge is 2.50. The van der Waals surface area contributed by atoms with Crippen molar-refractivity contribution in [2.45, 2.75) is 71.4 Å². The highest BCUT2D eigenvalue weighted by molar-refractivity contribution is 5.99. The summed E-state index contributed by atoms with van der Waals surface area (Å²) in [6.07, 6.45) is -1.65. The van der Waals surface area contributed by atoms with Crippen molar-refractivity contribution in [3.05, 3.63) is 53.3 Å². The summed E-state index contributed by atoms with van der Waals surface area (Å²) >= 11 is 0. The van der Waals surface area contributed by atoms with Crippen molar-refractivity contribution in [2.75, 3.05) is 13.1 Å². The fourth-order valence-corrected chi connectivity index (χ4v) is 4.41. The molecule has 0 spiro atoms. The number of aromatic nitrogens is 2. The maximum atomic E-state index is 13.4. The molecule has 2 aliphatic rings. The fourth-order valence-electron chi connectivity index (χ4n) is 4.41. The van der Waals surface area contributed by atoms with Gasteiger partial charge in [-0.25, -0.2) is 23.9 Å². The molecule has 4 rings (SSSR count). The SMILES string of the molecule is CC(C)(C)OC(=O)N=C(NC(=O)OC(C)(C)C)n1cc2c(n1)C(CNC(=O)O)N1CC2N(OCc2ccccc2)C1=O. The van der Waals surface area contributed by atoms with Gasteiger partial charge in [-0.15, -0.1) is 4.99 Å². The number of aliphatic imine (C=N–C) groups is 1. The number of rotatable bonds is 5. The molecule has 1 aromatic carbocycles. The van der Waals surface area contributed by atoms with Crippen LogP contribution in [-0.2, 0) is 20.9 Å². The second kappa shape index (κ2) is 11.7. The van der Waals surface area contributed by atoms with E-state index in [1.54, 1.807) is 41.5 Å². The van der Waals surface area contributed by atoms with Gasteiger partial charge in [0.25, 0.3) is 0 Å². The maximum Gasteiger partial charge on any atom is 0.437 e. The lowest BCUT2D eigenvalue weighted by molar-refractivity contribution is -0.141. The van der Waals surface area contributed by atoms with Gasteiger partial charge >= 0.3 is 24.3 Å². The zero-order valence-corrected chi connectivity index (χ0v) is 24.3. The van der Waals surface area contributed by atoms with Crippen LogP contribution in [0.5, 0.6) is 0 Å². The van der Waals surface area contributed by atoms with Crippen LogP contribution in [0.2, 0.25) is 0 Å². The monoisotopic (exact) mass is 585 g/mol. The van der Waals surface area contributed by atoms with E-state index in [1.807, 2.05) is 30.3 Å². The molecule has 15 nitrogen and oxygen atoms in total. The summed E-state index contributed by atoms with van der Waals surface area (Å²) in [5, 5.41) is 19.8. The third-order valence-corrected chi connectivity index (χ3v) is 5.99. The van der Waals surface area contributed by atoms with Crippen molar-refractivity contribution in [2.24, 2.45) is 4.99 Å². The van der Waals surface area contributed by atoms with Crippen LogP contribution in [0.15, 0.2) is 41.5 Å². The molecular weight excluding hydrogens is 550 g/mol. The standard InChI is InChI=1S/C27H35N7O8/c1-26(2,3)41-23(37)29-21(30-24(38)42-27(4,5)6)33-13-17-19-14-32(18(20(17)31-33)12-28-22(35)36)25(39)34(19)40-15-16-10-8-7-9-11-16/h7-11,13,18-19,28H,12,14-15H2,1-6H3,(H,35,36)(H,29,30,37,38). The smallest absolute Gasteiger partial charge is 0.437 e. The van der Waals surface area contributed by atoms with Gasteiger partial charge in [0.1, 0.15) is 23.9 Å². The van der Waals surface area contributed by atoms with Crippen molar-refractivity contribution in [3.8, 4) is 0 Å². The molecule has 1 fully saturated rings. The normalized spacial score (nSPS) is 18.4. The minimum atomic E-state index is -1.28. The van der Waals surface area contributed by atoms with Gasteiger partial charge in [-0.2, -0.15) is 10.2 Å². The third kappa shape index (κ3) is 7.34. The number of hydrogen-bond donors (Lipinski definition) is 3. The number of nitrogens with zero attached hydrogens (tertiary/aromatic N) is 5. The molecule has 2 bridgehead atoms. The zero-order chi connectivity index (χ0) is 30.8. The second-order valence-electron chi connectivity index (χ2n) is 11.7. The Morgan fingerprint density at radius 3 is 2.36 bits per heavy atom. The molecule has 15 heteroatoms. The molecule has 1 aromatic heterocycles. The lowest BCUT2D eigenvalue weighted by Gasteiger charge is -2.29. The molecule has 0 radical (unpaired) electrons. The van der Waals surface area contributed by atoms with Crippen LogP contribution >= 0.6 is 0 Å². The number of benzene rings is 1. The van der Waals surface area contributed by atoms with Crippen molar-refractivity contribution >= 4 is 30.3 Å². The summed E-state index contributed by atoms with van der Waals surface area (Å²) in [6.45, 7) is 10.2. The number of hydrogen-bond acceptors (Lipinski definition) is 8. The van der Waals surface area contributed by atoms with Crippen molar-refractivity contribution < 1.29 is 38.6 Å². The minimum Gasteiger partial charge on any atom is -0.465 e. The molecule has 3 N–H and O–H groups in total. The summed E-state index contributed by atoms with van der Waals surface area (Å²) in [5.41, 5.74) is -0.0123. The van der Waals surface area contributed by atoms with E-state index >= 15 is 0 Å². The van der Waals surface area contributed by atoms with Crippen LogP contribution < -0.4 is 10.6 Å². The Balaban J connectivity index is 1.71. The van der Waals surface area contributed by atoms with E-state index in [0.717, 1.165) is 10.2 Å². The Kier molecular flexibility index (Phi) is 8.43. The lowest BCUT2D eigenvalue weighted by atomic mass is 9.98. The molecule has 226 valence electrons. The summed E-state index contributed by atoms with van der Waals surface area (Å²) in [7, 11) is 0. The number of nitrogens with one attached hydrogen (secondary N) is 2. The van der Waals surface area contributed by atoms with E-state index in [4.69, 9.17) is 14.3 Å². The first-order valence-electron chi connectivity index (χ1n) is 13.3. The minimum absolute atomic E-state index is 0.115. The predicted octanol–water partition coefficient (Wildman–Crippen LogP) is 3.78. The quantitative estimate of drug-likeness (QED) is 0.348. The Labute approximate surface area is 242 Å². The molecule has 42 heavy (non-hydrogen) atoms. The van der Waals surface area contributed by atoms with Gasteiger partial charge in [-0.1, -0.05) is 30.3 Å². The summed E-state index contributed by atoms with van der Waals surface area (Å²) < 4.78 is 11.8. The van der Waals surface area contributed by atoms with Gasteiger partial charge < -0.3 is 24.8 Å². The van der Waals surface area contributed by atoms with Crippen molar-refractivity contribution in [1.29, 1.82) is 0 Å². The van der Waals surface area contributed by atoms with Gasteiger partial charge in [-0.05, 0) is 47.1 Å². The Hall–Kier alpha value is -4.66. The number of hydroxylamine groups is 2. The summed E-state index contributed by atoms with van der Waals surface area (Å²) in [6, 6.07) is 7.41. The molecule has 1 saturated heterocycles. The zero-order valence-electron chi connectivity index (χ0n) is 24.3. The Morgan fingerprint density at radius 2 is 1.74 bits per heavy atom. The Bertz CT molecular complexity index is 1380. The summed E-state index contributed by atoms with van der Waals surface area (Å²) in [4.78, 5) is 61.3. The van der Waals surface area contributed by atoms with Gasteiger partial charge in [0.15, 0.2) is 0 Å². The largest absolute Gasteiger partial charge is 0.465 e. The van der Waals surface area contributed by atoms with E-state index in [9.17, 15) is 24.3 Å². The first-order valence-corrected chi connectivity index (χ1v) is 13.3. The molecule has 0 aliphatic carbocycles. The summed E-state index contributed by atoms with van der Waals surface area (Å²) in [5.74, 6) is -0.313. The Morgan fingerprint density at radius 1 is 1.07 bits per heavy atom. The molecule has 2 aliphatic heterocycles. The van der Waals surface area contributed by atoms with E-state index in [0.29, 0.717) is 11.3 Å². The number of ether oxygens (including phenoxy) is 2. The fraction of sp³-hybridized carbons (Fsp3) is 0.481. The van der Waals surface area contributed by atoms with Crippen LogP contribution in [0.25, 0.3) is 0 Å². The van der Waals surface area contributed by atoms with E-state index < -0.39 is 47.6 Å². The molecular formula is C27H35N7O8. The van der Waals surface area contributed by atoms with E-state index in [2.05, 4.69) is 20.7 Å². The molecule has 3 heterocycles. The van der Waals surface area contributed by atoms with Crippen molar-refractivity contribution in [3.63, 3.8) is 0 Å². The average Bonchev–Trinajstić information content (AvgIpc) is 3.42. The van der Waals surface area contributed by atoms with Gasteiger partial charge in [-0.3, -0.25) is 10.2 Å².